The fraction of sp³-hybridized carbons (Fsp3) is 0.571. The molecule has 0 saturated carbocycles. The number of rotatable bonds is 3. The van der Waals surface area contributed by atoms with Crippen molar-refractivity contribution in [2.45, 2.75) is 32.4 Å². The summed E-state index contributed by atoms with van der Waals surface area (Å²) in [5.74, 6) is 0.400. The van der Waals surface area contributed by atoms with E-state index in [2.05, 4.69) is 15.0 Å². The van der Waals surface area contributed by atoms with Gasteiger partial charge >= 0.3 is 0 Å². The quantitative estimate of drug-likeness (QED) is 0.861. The van der Waals surface area contributed by atoms with Gasteiger partial charge in [-0.15, -0.1) is 0 Å². The summed E-state index contributed by atoms with van der Waals surface area (Å²) in [7, 11) is 0. The van der Waals surface area contributed by atoms with Crippen LogP contribution in [0.25, 0.3) is 5.65 Å². The van der Waals surface area contributed by atoms with Crippen molar-refractivity contribution < 1.29 is 5.11 Å². The highest BCUT2D eigenvalue weighted by atomic mass is 16.3. The number of hydrogen-bond donors (Lipinski definition) is 2. The van der Waals surface area contributed by atoms with E-state index in [1.807, 2.05) is 6.92 Å². The van der Waals surface area contributed by atoms with Gasteiger partial charge in [0.1, 0.15) is 0 Å². The Morgan fingerprint density at radius 2 is 2.25 bits per heavy atom. The van der Waals surface area contributed by atoms with Crippen LogP contribution < -0.4 is 5.56 Å². The first-order valence-corrected chi connectivity index (χ1v) is 7.10. The van der Waals surface area contributed by atoms with Crippen molar-refractivity contribution in [3.63, 3.8) is 0 Å². The van der Waals surface area contributed by atoms with Crippen LogP contribution in [0.2, 0.25) is 0 Å². The first-order chi connectivity index (χ1) is 9.63. The number of aromatic amines is 1. The molecule has 1 fully saturated rings. The Balaban J connectivity index is 1.70. The van der Waals surface area contributed by atoms with Crippen LogP contribution in [0.15, 0.2) is 23.1 Å². The van der Waals surface area contributed by atoms with Gasteiger partial charge in [0.05, 0.1) is 11.8 Å². The molecule has 0 aliphatic carbocycles. The van der Waals surface area contributed by atoms with E-state index < -0.39 is 0 Å². The molecule has 1 atom stereocenters. The Bertz CT molecular complexity index is 638. The normalized spacial score (nSPS) is 19.5. The molecule has 108 valence electrons. The number of nitrogens with one attached hydrogen (secondary N) is 1. The van der Waals surface area contributed by atoms with Crippen molar-refractivity contribution in [2.75, 3.05) is 13.1 Å². The zero-order chi connectivity index (χ0) is 14.1. The number of aliphatic hydroxyl groups excluding tert-OH is 1. The Labute approximate surface area is 117 Å². The minimum absolute atomic E-state index is 0.0751. The van der Waals surface area contributed by atoms with Gasteiger partial charge in [-0.25, -0.2) is 9.50 Å². The molecule has 3 heterocycles. The van der Waals surface area contributed by atoms with Gasteiger partial charge in [0.25, 0.3) is 5.56 Å². The average Bonchev–Trinajstić information content (AvgIpc) is 2.88. The minimum atomic E-state index is -0.226. The SMILES string of the molecule is CC(O)C1CCN(Cc2cc(=O)n3[nH]ccc3n2)CC1. The summed E-state index contributed by atoms with van der Waals surface area (Å²) in [6.45, 7) is 4.46. The first-order valence-electron chi connectivity index (χ1n) is 7.10. The van der Waals surface area contributed by atoms with Crippen molar-refractivity contribution in [1.29, 1.82) is 0 Å². The summed E-state index contributed by atoms with van der Waals surface area (Å²) < 4.78 is 1.43. The van der Waals surface area contributed by atoms with Crippen LogP contribution in [-0.2, 0) is 6.54 Å². The highest BCUT2D eigenvalue weighted by molar-refractivity contribution is 5.36. The molecule has 0 amide bonds. The van der Waals surface area contributed by atoms with Gasteiger partial charge in [-0.1, -0.05) is 0 Å². The third-order valence-corrected chi connectivity index (χ3v) is 4.13. The lowest BCUT2D eigenvalue weighted by Gasteiger charge is -2.32. The molecule has 1 aliphatic heterocycles. The molecule has 1 unspecified atom stereocenters. The number of likely N-dealkylation sites (tertiary alicyclic amines) is 1. The minimum Gasteiger partial charge on any atom is -0.393 e. The molecule has 2 N–H and O–H groups in total. The van der Waals surface area contributed by atoms with Crippen LogP contribution in [0.4, 0.5) is 0 Å². The summed E-state index contributed by atoms with van der Waals surface area (Å²) >= 11 is 0. The fourth-order valence-electron chi connectivity index (χ4n) is 2.88. The monoisotopic (exact) mass is 276 g/mol. The number of fused-ring (bicyclic) bond motifs is 1. The van der Waals surface area contributed by atoms with Crippen LogP contribution in [0.3, 0.4) is 0 Å². The largest absolute Gasteiger partial charge is 0.393 e. The predicted octanol–water partition coefficient (Wildman–Crippen LogP) is 0.615. The lowest BCUT2D eigenvalue weighted by atomic mass is 9.92. The third-order valence-electron chi connectivity index (χ3n) is 4.13. The van der Waals surface area contributed by atoms with Gasteiger partial charge in [0.15, 0.2) is 5.65 Å². The number of aliphatic hydroxyl groups is 1. The molecular weight excluding hydrogens is 256 g/mol. The molecule has 0 radical (unpaired) electrons. The van der Waals surface area contributed by atoms with Crippen molar-refractivity contribution in [2.24, 2.45) is 5.92 Å². The van der Waals surface area contributed by atoms with Crippen LogP contribution in [0.1, 0.15) is 25.5 Å². The van der Waals surface area contributed by atoms with Crippen molar-refractivity contribution in [3.8, 4) is 0 Å². The van der Waals surface area contributed by atoms with E-state index in [0.29, 0.717) is 18.1 Å². The topological polar surface area (TPSA) is 73.6 Å². The smallest absolute Gasteiger partial charge is 0.272 e. The number of piperidine rings is 1. The van der Waals surface area contributed by atoms with E-state index in [9.17, 15) is 9.90 Å². The molecule has 6 nitrogen and oxygen atoms in total. The Kier molecular flexibility index (Phi) is 3.58. The fourth-order valence-corrected chi connectivity index (χ4v) is 2.88. The van der Waals surface area contributed by atoms with E-state index >= 15 is 0 Å². The van der Waals surface area contributed by atoms with Gasteiger partial charge in [-0.3, -0.25) is 14.8 Å². The summed E-state index contributed by atoms with van der Waals surface area (Å²) in [6, 6.07) is 3.38. The highest BCUT2D eigenvalue weighted by Gasteiger charge is 2.22. The predicted molar refractivity (Wildman–Crippen MR) is 75.5 cm³/mol. The van der Waals surface area contributed by atoms with Gasteiger partial charge < -0.3 is 5.11 Å². The van der Waals surface area contributed by atoms with E-state index in [1.54, 1.807) is 18.3 Å². The summed E-state index contributed by atoms with van der Waals surface area (Å²) in [6.07, 6.45) is 3.49. The molecular formula is C14H20N4O2. The summed E-state index contributed by atoms with van der Waals surface area (Å²) in [5, 5.41) is 12.4. The second-order valence-corrected chi connectivity index (χ2v) is 5.60. The molecule has 0 aromatic carbocycles. The van der Waals surface area contributed by atoms with Gasteiger partial charge in [-0.2, -0.15) is 0 Å². The highest BCUT2D eigenvalue weighted by Crippen LogP contribution is 2.21. The van der Waals surface area contributed by atoms with Crippen LogP contribution in [-0.4, -0.2) is 43.8 Å². The average molecular weight is 276 g/mol. The van der Waals surface area contributed by atoms with Crippen molar-refractivity contribution >= 4 is 5.65 Å². The molecule has 1 aliphatic rings. The van der Waals surface area contributed by atoms with Gasteiger partial charge in [0.2, 0.25) is 0 Å². The lowest BCUT2D eigenvalue weighted by molar-refractivity contribution is 0.0691. The number of hydrogen-bond acceptors (Lipinski definition) is 4. The molecule has 1 saturated heterocycles. The maximum Gasteiger partial charge on any atom is 0.272 e. The molecule has 3 rings (SSSR count). The number of nitrogens with zero attached hydrogens (tertiary/aromatic N) is 3. The summed E-state index contributed by atoms with van der Waals surface area (Å²) in [4.78, 5) is 18.7. The molecule has 6 heteroatoms. The van der Waals surface area contributed by atoms with E-state index in [4.69, 9.17) is 0 Å². The number of H-pyrrole nitrogens is 1. The van der Waals surface area contributed by atoms with E-state index in [1.165, 1.54) is 4.52 Å². The van der Waals surface area contributed by atoms with Crippen LogP contribution in [0, 0.1) is 5.92 Å². The Morgan fingerprint density at radius 1 is 1.50 bits per heavy atom. The van der Waals surface area contributed by atoms with Crippen LogP contribution >= 0.6 is 0 Å². The third kappa shape index (κ3) is 2.62. The Hall–Kier alpha value is -1.66. The van der Waals surface area contributed by atoms with Crippen molar-refractivity contribution in [3.05, 3.63) is 34.4 Å². The van der Waals surface area contributed by atoms with Gasteiger partial charge in [-0.05, 0) is 38.8 Å². The standard InChI is InChI=1S/C14H20N4O2/c1-10(19)11-3-6-17(7-4-11)9-12-8-14(20)18-13(16-12)2-5-15-18/h2,5,8,10-11,15,19H,3-4,6-7,9H2,1H3. The second-order valence-electron chi connectivity index (χ2n) is 5.60. The molecule has 0 spiro atoms. The van der Waals surface area contributed by atoms with Gasteiger partial charge in [0, 0.05) is 24.9 Å². The molecule has 2 aromatic heterocycles. The second kappa shape index (κ2) is 5.38. The Morgan fingerprint density at radius 3 is 2.95 bits per heavy atom. The van der Waals surface area contributed by atoms with E-state index in [-0.39, 0.29) is 11.7 Å². The molecule has 2 aromatic rings. The van der Waals surface area contributed by atoms with E-state index in [0.717, 1.165) is 31.6 Å². The van der Waals surface area contributed by atoms with Crippen molar-refractivity contribution in [1.82, 2.24) is 19.5 Å². The first kappa shape index (κ1) is 13.3. The molecule has 0 bridgehead atoms. The van der Waals surface area contributed by atoms with Crippen LogP contribution in [0.5, 0.6) is 0 Å². The zero-order valence-electron chi connectivity index (χ0n) is 11.6. The summed E-state index contributed by atoms with van der Waals surface area (Å²) in [5.41, 5.74) is 1.39. The maximum atomic E-state index is 11.9. The molecule has 20 heavy (non-hydrogen) atoms. The number of aromatic nitrogens is 3. The zero-order valence-corrected chi connectivity index (χ0v) is 11.6. The maximum absolute atomic E-state index is 11.9. The lowest BCUT2D eigenvalue weighted by Crippen LogP contribution is -2.37.